The third-order valence-electron chi connectivity index (χ3n) is 5.89. The number of carbonyl (C=O) groups excluding carboxylic acids is 2. The molecule has 0 radical (unpaired) electrons. The smallest absolute Gasteiger partial charge is 0.417 e. The minimum absolute atomic E-state index is 0.0000725. The average molecular weight is 488 g/mol. The number of primary amides is 1. The molecule has 3 N–H and O–H groups in total. The molecule has 0 unspecified atom stereocenters. The second-order valence-electron chi connectivity index (χ2n) is 7.88. The van der Waals surface area contributed by atoms with Crippen molar-refractivity contribution in [3.63, 3.8) is 0 Å². The van der Waals surface area contributed by atoms with E-state index in [4.69, 9.17) is 15.2 Å². The van der Waals surface area contributed by atoms with Crippen LogP contribution in [0.4, 0.5) is 27.6 Å². The van der Waals surface area contributed by atoms with Gasteiger partial charge in [-0.2, -0.15) is 13.2 Å². The van der Waals surface area contributed by atoms with Crippen molar-refractivity contribution in [3.05, 3.63) is 47.4 Å². The van der Waals surface area contributed by atoms with Crippen LogP contribution in [0.5, 0.6) is 5.88 Å². The van der Waals surface area contributed by atoms with Crippen LogP contribution in [0.15, 0.2) is 30.5 Å². The zero-order chi connectivity index (χ0) is 25.4. The van der Waals surface area contributed by atoms with Gasteiger partial charge in [0, 0.05) is 29.3 Å². The van der Waals surface area contributed by atoms with E-state index in [9.17, 15) is 31.5 Å². The van der Waals surface area contributed by atoms with Crippen LogP contribution in [0.25, 0.3) is 0 Å². The molecule has 0 bridgehead atoms. The number of methoxy groups -OCH3 is 1. The van der Waals surface area contributed by atoms with E-state index in [1.807, 2.05) is 0 Å². The fourth-order valence-corrected chi connectivity index (χ4v) is 3.88. The third kappa shape index (κ3) is 4.52. The Morgan fingerprint density at radius 2 is 1.94 bits per heavy atom. The van der Waals surface area contributed by atoms with E-state index in [2.05, 4.69) is 15.3 Å². The van der Waals surface area contributed by atoms with Crippen LogP contribution in [0.1, 0.15) is 47.9 Å². The first-order chi connectivity index (χ1) is 15.8. The standard InChI is InChI=1S/C21H21F5N4O4/c1-9-14(11-4-5-12(16(22)23)30-19(11)33-3)15(34-20(9,2)21(24,25)26)18(32)29-10-6-7-28-13(8-10)17(27)31/h4-9,14-16H,1-3H3,(H2,27,31)(H,28,29,32)/t9-,14+,15-,20+/m0/s1. The maximum absolute atomic E-state index is 14.0. The molecule has 0 aromatic carbocycles. The molecule has 13 heteroatoms. The summed E-state index contributed by atoms with van der Waals surface area (Å²) in [5.74, 6) is -4.79. The van der Waals surface area contributed by atoms with Gasteiger partial charge >= 0.3 is 6.18 Å². The fraction of sp³-hybridized carbons (Fsp3) is 0.429. The molecule has 3 rings (SSSR count). The van der Waals surface area contributed by atoms with E-state index in [1.54, 1.807) is 0 Å². The molecule has 2 aromatic heterocycles. The van der Waals surface area contributed by atoms with Crippen molar-refractivity contribution in [1.82, 2.24) is 9.97 Å². The summed E-state index contributed by atoms with van der Waals surface area (Å²) in [6.45, 7) is 2.05. The molecule has 1 aliphatic rings. The Kier molecular flexibility index (Phi) is 6.78. The van der Waals surface area contributed by atoms with Crippen molar-refractivity contribution in [2.75, 3.05) is 12.4 Å². The van der Waals surface area contributed by atoms with Gasteiger partial charge in [-0.15, -0.1) is 0 Å². The first-order valence-electron chi connectivity index (χ1n) is 9.94. The maximum Gasteiger partial charge on any atom is 0.417 e. The molecule has 1 aliphatic heterocycles. The largest absolute Gasteiger partial charge is 0.481 e. The third-order valence-corrected chi connectivity index (χ3v) is 5.89. The maximum atomic E-state index is 14.0. The molecular formula is C21H21F5N4O4. The number of pyridine rings is 2. The van der Waals surface area contributed by atoms with Crippen LogP contribution < -0.4 is 15.8 Å². The average Bonchev–Trinajstić information content (AvgIpc) is 3.05. The summed E-state index contributed by atoms with van der Waals surface area (Å²) in [5.41, 5.74) is 1.65. The number of rotatable bonds is 6. The number of anilines is 1. The topological polar surface area (TPSA) is 116 Å². The SMILES string of the molecule is COc1nc(C(F)F)ccc1[C@@H]1[C@@H](C(=O)Nc2ccnc(C(N)=O)c2)O[C@@](C)(C(F)(F)F)[C@H]1C. The molecule has 0 aliphatic carbocycles. The minimum atomic E-state index is -4.86. The lowest BCUT2D eigenvalue weighted by atomic mass is 9.77. The highest BCUT2D eigenvalue weighted by Gasteiger charge is 2.65. The summed E-state index contributed by atoms with van der Waals surface area (Å²) < 4.78 is 78.5. The molecule has 8 nitrogen and oxygen atoms in total. The number of hydrogen-bond acceptors (Lipinski definition) is 6. The van der Waals surface area contributed by atoms with Crippen molar-refractivity contribution in [3.8, 4) is 5.88 Å². The zero-order valence-electron chi connectivity index (χ0n) is 18.2. The summed E-state index contributed by atoms with van der Waals surface area (Å²) in [5, 5.41) is 2.40. The van der Waals surface area contributed by atoms with E-state index >= 15 is 0 Å². The summed E-state index contributed by atoms with van der Waals surface area (Å²) >= 11 is 0. The molecule has 34 heavy (non-hydrogen) atoms. The molecule has 0 spiro atoms. The van der Waals surface area contributed by atoms with Gasteiger partial charge in [-0.25, -0.2) is 13.8 Å². The molecule has 1 fully saturated rings. The second kappa shape index (κ2) is 9.12. The monoisotopic (exact) mass is 488 g/mol. The van der Waals surface area contributed by atoms with Crippen molar-refractivity contribution in [1.29, 1.82) is 0 Å². The number of halogens is 5. The predicted molar refractivity (Wildman–Crippen MR) is 108 cm³/mol. The molecular weight excluding hydrogens is 467 g/mol. The van der Waals surface area contributed by atoms with Crippen LogP contribution >= 0.6 is 0 Å². The molecule has 3 heterocycles. The number of ether oxygens (including phenoxy) is 2. The molecule has 1 saturated heterocycles. The van der Waals surface area contributed by atoms with E-state index in [0.717, 1.165) is 32.2 Å². The lowest BCUT2D eigenvalue weighted by Gasteiger charge is -2.31. The van der Waals surface area contributed by atoms with E-state index in [0.29, 0.717) is 0 Å². The van der Waals surface area contributed by atoms with Crippen LogP contribution in [-0.4, -0.2) is 46.8 Å². The van der Waals surface area contributed by atoms with Crippen LogP contribution in [0.2, 0.25) is 0 Å². The highest BCUT2D eigenvalue weighted by Crippen LogP contribution is 2.54. The van der Waals surface area contributed by atoms with Gasteiger partial charge in [-0.3, -0.25) is 14.6 Å². The van der Waals surface area contributed by atoms with Gasteiger partial charge in [0.05, 0.1) is 7.11 Å². The van der Waals surface area contributed by atoms with Gasteiger partial charge < -0.3 is 20.5 Å². The molecule has 2 aromatic rings. The minimum Gasteiger partial charge on any atom is -0.481 e. The summed E-state index contributed by atoms with van der Waals surface area (Å²) in [4.78, 5) is 31.8. The second-order valence-corrected chi connectivity index (χ2v) is 7.88. The zero-order valence-corrected chi connectivity index (χ0v) is 18.2. The Labute approximate surface area is 190 Å². The van der Waals surface area contributed by atoms with Crippen molar-refractivity contribution < 1.29 is 41.0 Å². The van der Waals surface area contributed by atoms with E-state index in [-0.39, 0.29) is 22.8 Å². The molecule has 2 amide bonds. The number of aromatic nitrogens is 2. The van der Waals surface area contributed by atoms with Gasteiger partial charge in [0.25, 0.3) is 18.2 Å². The van der Waals surface area contributed by atoms with Gasteiger partial charge in [0.2, 0.25) is 5.88 Å². The van der Waals surface area contributed by atoms with Crippen LogP contribution in [0, 0.1) is 5.92 Å². The van der Waals surface area contributed by atoms with Crippen molar-refractivity contribution >= 4 is 17.5 Å². The summed E-state index contributed by atoms with van der Waals surface area (Å²) in [6.07, 6.45) is -8.33. The van der Waals surface area contributed by atoms with Gasteiger partial charge in [0.1, 0.15) is 17.5 Å². The Hall–Kier alpha value is -3.35. The summed E-state index contributed by atoms with van der Waals surface area (Å²) in [6, 6.07) is 4.56. The van der Waals surface area contributed by atoms with Crippen molar-refractivity contribution in [2.24, 2.45) is 11.7 Å². The Morgan fingerprint density at radius 3 is 2.50 bits per heavy atom. The van der Waals surface area contributed by atoms with Gasteiger partial charge in [0.15, 0.2) is 5.60 Å². The number of nitrogens with zero attached hydrogens (tertiary/aromatic N) is 2. The van der Waals surface area contributed by atoms with Crippen LogP contribution in [0.3, 0.4) is 0 Å². The highest BCUT2D eigenvalue weighted by atomic mass is 19.4. The quantitative estimate of drug-likeness (QED) is 0.601. The highest BCUT2D eigenvalue weighted by molar-refractivity contribution is 5.97. The van der Waals surface area contributed by atoms with Gasteiger partial charge in [-0.05, 0) is 25.1 Å². The Morgan fingerprint density at radius 1 is 1.26 bits per heavy atom. The lowest BCUT2D eigenvalue weighted by molar-refractivity contribution is -0.272. The molecule has 0 saturated carbocycles. The summed E-state index contributed by atoms with van der Waals surface area (Å²) in [7, 11) is 1.13. The lowest BCUT2D eigenvalue weighted by Crippen LogP contribution is -2.47. The van der Waals surface area contributed by atoms with Crippen LogP contribution in [-0.2, 0) is 9.53 Å². The molecule has 184 valence electrons. The number of alkyl halides is 5. The van der Waals surface area contributed by atoms with Crippen molar-refractivity contribution in [2.45, 2.75) is 44.1 Å². The van der Waals surface area contributed by atoms with E-state index < -0.39 is 53.7 Å². The first kappa shape index (κ1) is 25.3. The number of nitrogens with two attached hydrogens (primary N) is 1. The number of amides is 2. The predicted octanol–water partition coefficient (Wildman–Crippen LogP) is 3.60. The van der Waals surface area contributed by atoms with Gasteiger partial charge in [-0.1, -0.05) is 13.0 Å². The number of hydrogen-bond donors (Lipinski definition) is 2. The normalized spacial score (nSPS) is 24.8. The van der Waals surface area contributed by atoms with E-state index in [1.165, 1.54) is 19.2 Å². The number of nitrogens with one attached hydrogen (secondary N) is 1. The Bertz CT molecular complexity index is 1100. The fourth-order valence-electron chi connectivity index (χ4n) is 3.88. The number of carbonyl (C=O) groups is 2. The first-order valence-corrected chi connectivity index (χ1v) is 9.94. The Balaban J connectivity index is 2.05. The molecule has 4 atom stereocenters.